The van der Waals surface area contributed by atoms with Crippen LogP contribution in [0.2, 0.25) is 0 Å². The van der Waals surface area contributed by atoms with Gasteiger partial charge in [-0.25, -0.2) is 0 Å². The molecule has 2 bridgehead atoms. The molecule has 0 aromatic rings. The first-order valence-corrected chi connectivity index (χ1v) is 12.9. The molecule has 3 aliphatic rings. The molecular weight excluding hydrogens is 504 g/mol. The van der Waals surface area contributed by atoms with Crippen LogP contribution in [0.4, 0.5) is 0 Å². The maximum absolute atomic E-state index is 14.1. The zero-order chi connectivity index (χ0) is 25.3. The summed E-state index contributed by atoms with van der Waals surface area (Å²) in [4.78, 5) is 44.0. The molecule has 190 valence electrons. The fourth-order valence-electron chi connectivity index (χ4n) is 5.63. The Bertz CT molecular complexity index is 827. The number of rotatable bonds is 11. The highest BCUT2D eigenvalue weighted by molar-refractivity contribution is 9.09. The summed E-state index contributed by atoms with van der Waals surface area (Å²) >= 11 is 3.65. The normalized spacial score (nSPS) is 32.0. The van der Waals surface area contributed by atoms with Gasteiger partial charge >= 0.3 is 5.97 Å². The van der Waals surface area contributed by atoms with Gasteiger partial charge in [0.1, 0.15) is 11.6 Å². The first-order chi connectivity index (χ1) is 16.0. The number of hydrogen-bond donors (Lipinski definition) is 1. The number of hydrogen-bond acceptors (Lipinski definition) is 6. The summed E-state index contributed by atoms with van der Waals surface area (Å²) in [6, 6.07) is -0.889. The van der Waals surface area contributed by atoms with Gasteiger partial charge in [0, 0.05) is 30.1 Å². The minimum Gasteiger partial charge on any atom is -0.465 e. The van der Waals surface area contributed by atoms with Crippen LogP contribution in [-0.4, -0.2) is 87.1 Å². The summed E-state index contributed by atoms with van der Waals surface area (Å²) in [5, 5.41) is 9.45. The van der Waals surface area contributed by atoms with Crippen LogP contribution in [0.25, 0.3) is 0 Å². The van der Waals surface area contributed by atoms with Crippen LogP contribution in [-0.2, 0) is 23.9 Å². The van der Waals surface area contributed by atoms with Crippen LogP contribution < -0.4 is 0 Å². The quantitative estimate of drug-likeness (QED) is 0.187. The number of unbranched alkanes of at least 4 members (excludes halogenated alkanes) is 1. The van der Waals surface area contributed by atoms with E-state index in [9.17, 15) is 19.5 Å². The molecule has 1 N–H and O–H groups in total. The lowest BCUT2D eigenvalue weighted by molar-refractivity contribution is -0.155. The monoisotopic (exact) mass is 540 g/mol. The lowest BCUT2D eigenvalue weighted by Gasteiger charge is -2.42. The minimum absolute atomic E-state index is 0.114. The number of likely N-dealkylation sites (tertiary alicyclic amines) is 1. The first kappa shape index (κ1) is 26.9. The summed E-state index contributed by atoms with van der Waals surface area (Å²) in [6.07, 6.45) is 5.02. The lowest BCUT2D eigenvalue weighted by Crippen LogP contribution is -2.60. The average Bonchev–Trinajstić information content (AvgIpc) is 3.35. The fraction of sp³-hybridized carbons (Fsp3) is 0.720. The maximum Gasteiger partial charge on any atom is 0.312 e. The molecule has 0 aromatic carbocycles. The van der Waals surface area contributed by atoms with Gasteiger partial charge in [-0.2, -0.15) is 0 Å². The van der Waals surface area contributed by atoms with Crippen molar-refractivity contribution in [3.05, 3.63) is 25.3 Å². The molecule has 3 unspecified atom stereocenters. The van der Waals surface area contributed by atoms with Gasteiger partial charge in [-0.3, -0.25) is 14.4 Å². The summed E-state index contributed by atoms with van der Waals surface area (Å²) in [6.45, 7) is 13.9. The molecule has 3 fully saturated rings. The Kier molecular flexibility index (Phi) is 8.30. The van der Waals surface area contributed by atoms with E-state index in [0.29, 0.717) is 25.8 Å². The molecule has 9 heteroatoms. The number of nitrogens with zero attached hydrogens (tertiary/aromatic N) is 2. The van der Waals surface area contributed by atoms with E-state index in [4.69, 9.17) is 9.47 Å². The van der Waals surface area contributed by atoms with E-state index in [1.165, 1.54) is 4.90 Å². The Morgan fingerprint density at radius 3 is 2.62 bits per heavy atom. The van der Waals surface area contributed by atoms with Crippen molar-refractivity contribution in [1.82, 2.24) is 9.80 Å². The molecule has 0 saturated carbocycles. The summed E-state index contributed by atoms with van der Waals surface area (Å²) < 4.78 is 12.0. The molecule has 0 aromatic heterocycles. The number of fused-ring (bicyclic) bond motifs is 1. The maximum atomic E-state index is 14.1. The predicted octanol–water partition coefficient (Wildman–Crippen LogP) is 2.44. The molecule has 8 nitrogen and oxygen atoms in total. The summed E-state index contributed by atoms with van der Waals surface area (Å²) in [5.41, 5.74) is -1.64. The summed E-state index contributed by atoms with van der Waals surface area (Å²) in [5.74, 6) is -2.56. The number of esters is 1. The van der Waals surface area contributed by atoms with Gasteiger partial charge in [-0.1, -0.05) is 28.1 Å². The second kappa shape index (κ2) is 10.5. The minimum atomic E-state index is -1.13. The number of aliphatic hydroxyl groups excluding tert-OH is 1. The Labute approximate surface area is 210 Å². The van der Waals surface area contributed by atoms with Crippen molar-refractivity contribution in [3.63, 3.8) is 0 Å². The SMILES string of the molecule is C=CCCCOC(=O)[C@H]1[C@H]2C(=O)N(CCCO)C(C(=O)N(CC=C)C(C)(C)C)C23CC(Br)[C@@H]1O3. The van der Waals surface area contributed by atoms with Crippen LogP contribution in [0.1, 0.15) is 46.5 Å². The smallest absolute Gasteiger partial charge is 0.312 e. The highest BCUT2D eigenvalue weighted by Crippen LogP contribution is 2.60. The number of amides is 2. The zero-order valence-corrected chi connectivity index (χ0v) is 22.0. The molecule has 3 saturated heterocycles. The highest BCUT2D eigenvalue weighted by Gasteiger charge is 2.77. The molecule has 2 amide bonds. The number of aliphatic hydroxyl groups is 1. The molecule has 0 aliphatic carbocycles. The number of ether oxygens (including phenoxy) is 2. The van der Waals surface area contributed by atoms with Crippen molar-refractivity contribution in [1.29, 1.82) is 0 Å². The second-order valence-corrected chi connectivity index (χ2v) is 11.5. The number of allylic oxidation sites excluding steroid dienone is 1. The van der Waals surface area contributed by atoms with E-state index in [1.807, 2.05) is 20.8 Å². The molecular formula is C25H37BrN2O6. The van der Waals surface area contributed by atoms with Crippen molar-refractivity contribution in [2.24, 2.45) is 11.8 Å². The van der Waals surface area contributed by atoms with E-state index in [1.54, 1.807) is 17.1 Å². The first-order valence-electron chi connectivity index (χ1n) is 12.0. The summed E-state index contributed by atoms with van der Waals surface area (Å²) in [7, 11) is 0. The lowest BCUT2D eigenvalue weighted by atomic mass is 9.70. The number of alkyl halides is 1. The third-order valence-electron chi connectivity index (χ3n) is 7.04. The number of carbonyl (C=O) groups excluding carboxylic acids is 3. The molecule has 6 atom stereocenters. The van der Waals surface area contributed by atoms with Gasteiger partial charge in [-0.15, -0.1) is 13.2 Å². The van der Waals surface area contributed by atoms with Gasteiger partial charge in [0.25, 0.3) is 0 Å². The van der Waals surface area contributed by atoms with Crippen molar-refractivity contribution in [2.75, 3.05) is 26.3 Å². The zero-order valence-electron chi connectivity index (χ0n) is 20.4. The number of carbonyl (C=O) groups is 3. The van der Waals surface area contributed by atoms with E-state index in [-0.39, 0.29) is 36.4 Å². The molecule has 3 heterocycles. The van der Waals surface area contributed by atoms with Crippen LogP contribution in [0.5, 0.6) is 0 Å². The van der Waals surface area contributed by atoms with E-state index >= 15 is 0 Å². The molecule has 3 aliphatic heterocycles. The van der Waals surface area contributed by atoms with Crippen LogP contribution in [0.3, 0.4) is 0 Å². The van der Waals surface area contributed by atoms with Crippen molar-refractivity contribution < 1.29 is 29.0 Å². The van der Waals surface area contributed by atoms with E-state index in [0.717, 1.165) is 6.42 Å². The average molecular weight is 541 g/mol. The Morgan fingerprint density at radius 1 is 1.32 bits per heavy atom. The van der Waals surface area contributed by atoms with Gasteiger partial charge < -0.3 is 24.4 Å². The van der Waals surface area contributed by atoms with Gasteiger partial charge in [0.15, 0.2) is 0 Å². The van der Waals surface area contributed by atoms with Crippen LogP contribution >= 0.6 is 15.9 Å². The largest absolute Gasteiger partial charge is 0.465 e. The Hall–Kier alpha value is -1.71. The molecule has 1 spiro atoms. The van der Waals surface area contributed by atoms with Gasteiger partial charge in [0.2, 0.25) is 11.8 Å². The highest BCUT2D eigenvalue weighted by atomic mass is 79.9. The Morgan fingerprint density at radius 2 is 2.03 bits per heavy atom. The van der Waals surface area contributed by atoms with Gasteiger partial charge in [-0.05, 0) is 46.5 Å². The molecule has 3 rings (SSSR count). The molecule has 0 radical (unpaired) electrons. The topological polar surface area (TPSA) is 96.4 Å². The number of halogens is 1. The Balaban J connectivity index is 1.99. The fourth-order valence-corrected chi connectivity index (χ4v) is 6.57. The van der Waals surface area contributed by atoms with Crippen LogP contribution in [0.15, 0.2) is 25.3 Å². The molecule has 34 heavy (non-hydrogen) atoms. The third-order valence-corrected chi connectivity index (χ3v) is 7.88. The third kappa shape index (κ3) is 4.58. The van der Waals surface area contributed by atoms with Crippen molar-refractivity contribution in [2.45, 2.75) is 74.6 Å². The van der Waals surface area contributed by atoms with E-state index < -0.39 is 41.1 Å². The van der Waals surface area contributed by atoms with Crippen molar-refractivity contribution >= 4 is 33.7 Å². The predicted molar refractivity (Wildman–Crippen MR) is 131 cm³/mol. The van der Waals surface area contributed by atoms with Crippen LogP contribution in [0, 0.1) is 11.8 Å². The van der Waals surface area contributed by atoms with E-state index in [2.05, 4.69) is 29.1 Å². The van der Waals surface area contributed by atoms with Crippen molar-refractivity contribution in [3.8, 4) is 0 Å². The standard InChI is InChI=1S/C25H37BrN2O6/c1-6-8-9-14-33-23(32)17-18-21(30)27(12-10-13-29)20(25(18)15-16(26)19(17)34-25)22(31)28(11-7-2)24(3,4)5/h6-7,16-20,29H,1-2,8-15H2,3-5H3/t16?,17-,18-,19-,20?,25?/m0/s1. The second-order valence-electron chi connectivity index (χ2n) is 10.3. The van der Waals surface area contributed by atoms with Gasteiger partial charge in [0.05, 0.1) is 24.5 Å².